The summed E-state index contributed by atoms with van der Waals surface area (Å²) in [5.41, 5.74) is 6.73. The predicted molar refractivity (Wildman–Crippen MR) is 126 cm³/mol. The molecule has 8 nitrogen and oxygen atoms in total. The predicted octanol–water partition coefficient (Wildman–Crippen LogP) is 3.65. The minimum absolute atomic E-state index is 0.0512. The van der Waals surface area contributed by atoms with Crippen LogP contribution in [0.4, 0.5) is 0 Å². The van der Waals surface area contributed by atoms with Gasteiger partial charge in [-0.1, -0.05) is 30.3 Å². The first-order valence-electron chi connectivity index (χ1n) is 10.2. The quantitative estimate of drug-likeness (QED) is 0.215. The molecule has 0 aliphatic rings. The SMILES string of the molecule is NC(=O)CCCCCn1c(SCc2csc(-c3ncccn3)n2)nc2ccccc2c1=O. The number of hydrogen-bond acceptors (Lipinski definition) is 8. The Morgan fingerprint density at radius 3 is 2.69 bits per heavy atom. The highest BCUT2D eigenvalue weighted by molar-refractivity contribution is 7.98. The summed E-state index contributed by atoms with van der Waals surface area (Å²) < 4.78 is 1.73. The van der Waals surface area contributed by atoms with Crippen molar-refractivity contribution in [3.05, 3.63) is 64.2 Å². The number of benzene rings is 1. The van der Waals surface area contributed by atoms with Crippen molar-refractivity contribution in [1.29, 1.82) is 0 Å². The summed E-state index contributed by atoms with van der Waals surface area (Å²) in [5, 5.41) is 4.01. The summed E-state index contributed by atoms with van der Waals surface area (Å²) in [6.07, 6.45) is 6.06. The van der Waals surface area contributed by atoms with Crippen LogP contribution in [0.25, 0.3) is 21.7 Å². The van der Waals surface area contributed by atoms with Crippen molar-refractivity contribution < 1.29 is 4.79 Å². The number of thiazole rings is 1. The Labute approximate surface area is 193 Å². The topological polar surface area (TPSA) is 117 Å². The number of carbonyl (C=O) groups excluding carboxylic acids is 1. The third kappa shape index (κ3) is 5.38. The number of nitrogens with zero attached hydrogens (tertiary/aromatic N) is 5. The number of unbranched alkanes of at least 4 members (excludes halogenated alkanes) is 2. The number of fused-ring (bicyclic) bond motifs is 1. The highest BCUT2D eigenvalue weighted by Gasteiger charge is 2.13. The molecule has 4 aromatic rings. The molecule has 3 aromatic heterocycles. The molecule has 0 aliphatic carbocycles. The maximum Gasteiger partial charge on any atom is 0.262 e. The molecular formula is C22H22N6O2S2. The van der Waals surface area contributed by atoms with Crippen LogP contribution < -0.4 is 11.3 Å². The number of hydrogen-bond donors (Lipinski definition) is 1. The number of nitrogens with two attached hydrogens (primary N) is 1. The highest BCUT2D eigenvalue weighted by Crippen LogP contribution is 2.26. The van der Waals surface area contributed by atoms with E-state index in [0.29, 0.717) is 40.6 Å². The Bertz CT molecular complexity index is 1270. The van der Waals surface area contributed by atoms with Crippen LogP contribution in [-0.4, -0.2) is 30.4 Å². The van der Waals surface area contributed by atoms with Crippen LogP contribution >= 0.6 is 23.1 Å². The van der Waals surface area contributed by atoms with Gasteiger partial charge in [-0.25, -0.2) is 19.9 Å². The van der Waals surface area contributed by atoms with E-state index in [0.717, 1.165) is 30.0 Å². The van der Waals surface area contributed by atoms with E-state index in [1.807, 2.05) is 23.6 Å². The zero-order valence-corrected chi connectivity index (χ0v) is 18.9. The summed E-state index contributed by atoms with van der Waals surface area (Å²) >= 11 is 2.98. The molecule has 0 radical (unpaired) electrons. The Morgan fingerprint density at radius 1 is 1.06 bits per heavy atom. The van der Waals surface area contributed by atoms with Gasteiger partial charge in [0.1, 0.15) is 0 Å². The van der Waals surface area contributed by atoms with Crippen molar-refractivity contribution in [1.82, 2.24) is 24.5 Å². The first-order valence-corrected chi connectivity index (χ1v) is 12.1. The molecule has 1 aromatic carbocycles. The fourth-order valence-electron chi connectivity index (χ4n) is 3.22. The Kier molecular flexibility index (Phi) is 7.23. The van der Waals surface area contributed by atoms with Crippen LogP contribution in [0.2, 0.25) is 0 Å². The summed E-state index contributed by atoms with van der Waals surface area (Å²) in [5.74, 6) is 0.884. The van der Waals surface area contributed by atoms with Gasteiger partial charge in [-0.15, -0.1) is 11.3 Å². The summed E-state index contributed by atoms with van der Waals surface area (Å²) in [4.78, 5) is 41.9. The number of rotatable bonds is 10. The normalized spacial score (nSPS) is 11.1. The van der Waals surface area contributed by atoms with Crippen molar-refractivity contribution in [2.24, 2.45) is 5.73 Å². The molecule has 0 atom stereocenters. The fraction of sp³-hybridized carbons (Fsp3) is 0.273. The van der Waals surface area contributed by atoms with Crippen molar-refractivity contribution in [3.63, 3.8) is 0 Å². The second-order valence-corrected chi connectivity index (χ2v) is 8.95. The zero-order valence-electron chi connectivity index (χ0n) is 17.3. The largest absolute Gasteiger partial charge is 0.370 e. The third-order valence-corrected chi connectivity index (χ3v) is 6.69. The number of para-hydroxylation sites is 1. The second kappa shape index (κ2) is 10.5. The number of carbonyl (C=O) groups is 1. The van der Waals surface area contributed by atoms with Crippen molar-refractivity contribution in [3.8, 4) is 10.8 Å². The summed E-state index contributed by atoms with van der Waals surface area (Å²) in [6, 6.07) is 9.15. The summed E-state index contributed by atoms with van der Waals surface area (Å²) in [7, 11) is 0. The fourth-order valence-corrected chi connectivity index (χ4v) is 5.01. The maximum atomic E-state index is 13.1. The molecule has 0 fully saturated rings. The monoisotopic (exact) mass is 466 g/mol. The number of thioether (sulfide) groups is 1. The van der Waals surface area contributed by atoms with Crippen LogP contribution in [0.3, 0.4) is 0 Å². The molecule has 10 heteroatoms. The molecule has 0 saturated heterocycles. The average molecular weight is 467 g/mol. The molecular weight excluding hydrogens is 444 g/mol. The molecule has 0 bridgehead atoms. The molecule has 4 rings (SSSR count). The molecule has 2 N–H and O–H groups in total. The number of aromatic nitrogens is 5. The van der Waals surface area contributed by atoms with Gasteiger partial charge in [0.05, 0.1) is 16.6 Å². The minimum atomic E-state index is -0.297. The van der Waals surface area contributed by atoms with Crippen LogP contribution in [0.15, 0.2) is 58.1 Å². The first kappa shape index (κ1) is 22.1. The molecule has 1 amide bonds. The van der Waals surface area contributed by atoms with E-state index in [4.69, 9.17) is 10.7 Å². The van der Waals surface area contributed by atoms with Gasteiger partial charge in [0, 0.05) is 36.5 Å². The lowest BCUT2D eigenvalue weighted by atomic mass is 10.2. The Morgan fingerprint density at radius 2 is 1.88 bits per heavy atom. The molecule has 0 unspecified atom stereocenters. The average Bonchev–Trinajstić information content (AvgIpc) is 3.28. The van der Waals surface area contributed by atoms with Gasteiger partial charge in [-0.05, 0) is 31.0 Å². The highest BCUT2D eigenvalue weighted by atomic mass is 32.2. The van der Waals surface area contributed by atoms with E-state index in [1.54, 1.807) is 29.1 Å². The van der Waals surface area contributed by atoms with Crippen molar-refractivity contribution in [2.45, 2.75) is 43.1 Å². The van der Waals surface area contributed by atoms with Crippen LogP contribution in [0.5, 0.6) is 0 Å². The molecule has 0 saturated carbocycles. The van der Waals surface area contributed by atoms with Crippen molar-refractivity contribution >= 4 is 39.9 Å². The Hall–Kier alpha value is -3.11. The summed E-state index contributed by atoms with van der Waals surface area (Å²) in [6.45, 7) is 0.540. The molecule has 0 aliphatic heterocycles. The van der Waals surface area contributed by atoms with Crippen molar-refractivity contribution in [2.75, 3.05) is 0 Å². The molecule has 0 spiro atoms. The first-order chi connectivity index (χ1) is 15.6. The van der Waals surface area contributed by atoms with E-state index in [9.17, 15) is 9.59 Å². The lowest BCUT2D eigenvalue weighted by Gasteiger charge is -2.12. The lowest BCUT2D eigenvalue weighted by Crippen LogP contribution is -2.23. The number of amides is 1. The maximum absolute atomic E-state index is 13.1. The standard InChI is InChI=1S/C22H22N6O2S2/c23-18(29)9-2-1-5-12-28-21(30)16-7-3-4-8-17(16)27-22(28)32-14-15-13-31-20(26-15)19-24-10-6-11-25-19/h3-4,6-8,10-11,13H,1-2,5,9,12,14H2,(H2,23,29). The molecule has 32 heavy (non-hydrogen) atoms. The van der Waals surface area contributed by atoms with Gasteiger partial charge in [0.15, 0.2) is 16.0 Å². The minimum Gasteiger partial charge on any atom is -0.370 e. The Balaban J connectivity index is 1.52. The van der Waals surface area contributed by atoms with E-state index in [-0.39, 0.29) is 11.5 Å². The van der Waals surface area contributed by atoms with Gasteiger partial charge in [0.2, 0.25) is 5.91 Å². The van der Waals surface area contributed by atoms with Crippen LogP contribution in [0, 0.1) is 0 Å². The lowest BCUT2D eigenvalue weighted by molar-refractivity contribution is -0.118. The van der Waals surface area contributed by atoms with Crippen LogP contribution in [0.1, 0.15) is 31.4 Å². The number of primary amides is 1. The van der Waals surface area contributed by atoms with E-state index < -0.39 is 0 Å². The zero-order chi connectivity index (χ0) is 22.3. The third-order valence-electron chi connectivity index (χ3n) is 4.79. The van der Waals surface area contributed by atoms with Gasteiger partial charge in [-0.3, -0.25) is 14.2 Å². The second-order valence-electron chi connectivity index (χ2n) is 7.15. The van der Waals surface area contributed by atoms with E-state index >= 15 is 0 Å². The van der Waals surface area contributed by atoms with Crippen LogP contribution in [-0.2, 0) is 17.1 Å². The van der Waals surface area contributed by atoms with Gasteiger partial charge in [-0.2, -0.15) is 0 Å². The van der Waals surface area contributed by atoms with Gasteiger partial charge < -0.3 is 5.73 Å². The van der Waals surface area contributed by atoms with Gasteiger partial charge in [0.25, 0.3) is 5.56 Å². The van der Waals surface area contributed by atoms with Gasteiger partial charge >= 0.3 is 0 Å². The molecule has 3 heterocycles. The smallest absolute Gasteiger partial charge is 0.262 e. The van der Waals surface area contributed by atoms with E-state index in [1.165, 1.54) is 23.1 Å². The van der Waals surface area contributed by atoms with E-state index in [2.05, 4.69) is 15.0 Å². The molecule has 164 valence electrons.